The van der Waals surface area contributed by atoms with E-state index in [1.807, 2.05) is 44.1 Å². The summed E-state index contributed by atoms with van der Waals surface area (Å²) >= 11 is 0. The quantitative estimate of drug-likeness (QED) is 0.318. The fraction of sp³-hybridized carbons (Fsp3) is 0.276. The van der Waals surface area contributed by atoms with E-state index in [2.05, 4.69) is 83.5 Å². The van der Waals surface area contributed by atoms with Gasteiger partial charge in [-0.25, -0.2) is 4.98 Å². The van der Waals surface area contributed by atoms with E-state index >= 15 is 0 Å². The van der Waals surface area contributed by atoms with Crippen molar-refractivity contribution in [3.63, 3.8) is 0 Å². The van der Waals surface area contributed by atoms with E-state index in [9.17, 15) is 4.79 Å². The predicted octanol–water partition coefficient (Wildman–Crippen LogP) is 5.65. The number of imidazole rings is 1. The summed E-state index contributed by atoms with van der Waals surface area (Å²) in [6.45, 7) is 10.6. The van der Waals surface area contributed by atoms with Crippen molar-refractivity contribution < 1.29 is 4.79 Å². The Kier molecular flexibility index (Phi) is 5.90. The molecule has 3 aromatic heterocycles. The second-order valence-corrected chi connectivity index (χ2v) is 10.8. The summed E-state index contributed by atoms with van der Waals surface area (Å²) in [5.41, 5.74) is 12.8. The molecular weight excluding hydrogens is 462 g/mol. The van der Waals surface area contributed by atoms with Gasteiger partial charge in [0.2, 0.25) is 0 Å². The number of carbonyl (C=O) groups is 1. The zero-order chi connectivity index (χ0) is 26.5. The molecule has 5 aromatic rings. The molecule has 0 aliphatic rings. The van der Waals surface area contributed by atoms with Crippen molar-refractivity contribution in [3.8, 4) is 22.6 Å². The highest BCUT2D eigenvalue weighted by molar-refractivity contribution is 5.99. The Morgan fingerprint density at radius 1 is 1.08 bits per heavy atom. The molecule has 0 radical (unpaired) electrons. The second kappa shape index (κ2) is 8.96. The summed E-state index contributed by atoms with van der Waals surface area (Å²) in [7, 11) is 1.90. The average molecular weight is 496 g/mol. The number of carbonyl (C=O) groups excluding carboxylic acids is 1. The van der Waals surface area contributed by atoms with Gasteiger partial charge in [-0.05, 0) is 62.6 Å². The van der Waals surface area contributed by atoms with Crippen molar-refractivity contribution in [2.45, 2.75) is 46.1 Å². The Labute approximate surface area is 216 Å². The Bertz CT molecular complexity index is 1610. The summed E-state index contributed by atoms with van der Waals surface area (Å²) in [5, 5.41) is 8.88. The van der Waals surface area contributed by atoms with E-state index in [-0.39, 0.29) is 5.54 Å². The smallest absolute Gasteiger partial charge is 0.250 e. The van der Waals surface area contributed by atoms with Gasteiger partial charge in [0.05, 0.1) is 35.0 Å². The van der Waals surface area contributed by atoms with Crippen LogP contribution in [0.25, 0.3) is 33.5 Å². The summed E-state index contributed by atoms with van der Waals surface area (Å²) in [5.74, 6) is -0.159. The standard InChI is InChI=1S/C29H33N7O/c1-18(2)22-15-36(20-10-11-21(28(30)37)23(12-20)33-29(3,4)5)26-9-7-8-25(27(22)26)35-16-24(31-17-35)19-13-32-34(6)14-19/h7-18,33H,1-6H3,(H2,30,37). The molecule has 8 nitrogen and oxygen atoms in total. The summed E-state index contributed by atoms with van der Waals surface area (Å²) < 4.78 is 6.04. The molecular formula is C29H33N7O. The molecule has 37 heavy (non-hydrogen) atoms. The van der Waals surface area contributed by atoms with Gasteiger partial charge in [-0.2, -0.15) is 5.10 Å². The van der Waals surface area contributed by atoms with Gasteiger partial charge in [0.25, 0.3) is 5.91 Å². The van der Waals surface area contributed by atoms with E-state index in [0.29, 0.717) is 11.5 Å². The van der Waals surface area contributed by atoms with E-state index in [1.165, 1.54) is 5.56 Å². The van der Waals surface area contributed by atoms with Crippen LogP contribution in [0.1, 0.15) is 56.5 Å². The third kappa shape index (κ3) is 4.62. The summed E-state index contributed by atoms with van der Waals surface area (Å²) in [6.07, 6.45) is 9.87. The molecule has 0 unspecified atom stereocenters. The minimum atomic E-state index is -0.453. The van der Waals surface area contributed by atoms with Crippen LogP contribution in [0.4, 0.5) is 5.69 Å². The lowest BCUT2D eigenvalue weighted by molar-refractivity contribution is 0.100. The monoisotopic (exact) mass is 495 g/mol. The van der Waals surface area contributed by atoms with Crippen molar-refractivity contribution in [1.29, 1.82) is 0 Å². The van der Waals surface area contributed by atoms with Crippen LogP contribution in [0, 0.1) is 0 Å². The number of nitrogens with zero attached hydrogens (tertiary/aromatic N) is 5. The lowest BCUT2D eigenvalue weighted by Gasteiger charge is -2.24. The predicted molar refractivity (Wildman–Crippen MR) is 149 cm³/mol. The van der Waals surface area contributed by atoms with Crippen LogP contribution < -0.4 is 11.1 Å². The average Bonchev–Trinajstić information content (AvgIpc) is 3.55. The maximum atomic E-state index is 12.1. The van der Waals surface area contributed by atoms with Crippen molar-refractivity contribution in [2.75, 3.05) is 5.32 Å². The summed E-state index contributed by atoms with van der Waals surface area (Å²) in [6, 6.07) is 12.1. The number of fused-ring (bicyclic) bond motifs is 1. The maximum Gasteiger partial charge on any atom is 0.250 e. The zero-order valence-electron chi connectivity index (χ0n) is 22.1. The van der Waals surface area contributed by atoms with Crippen LogP contribution in [-0.4, -0.2) is 35.3 Å². The van der Waals surface area contributed by atoms with Gasteiger partial charge in [-0.3, -0.25) is 9.48 Å². The maximum absolute atomic E-state index is 12.1. The molecule has 0 atom stereocenters. The van der Waals surface area contributed by atoms with E-state index in [1.54, 1.807) is 10.7 Å². The highest BCUT2D eigenvalue weighted by Crippen LogP contribution is 2.36. The summed E-state index contributed by atoms with van der Waals surface area (Å²) in [4.78, 5) is 16.8. The minimum absolute atomic E-state index is 0.231. The van der Waals surface area contributed by atoms with Crippen LogP contribution in [0.3, 0.4) is 0 Å². The lowest BCUT2D eigenvalue weighted by atomic mass is 10.0. The highest BCUT2D eigenvalue weighted by atomic mass is 16.1. The topological polar surface area (TPSA) is 95.7 Å². The SMILES string of the molecule is CC(C)c1cn(-c2ccc(C(N)=O)c(NC(C)(C)C)c2)c2cccc(-n3cnc(-c4cnn(C)c4)c3)c12. The molecule has 190 valence electrons. The zero-order valence-corrected chi connectivity index (χ0v) is 22.1. The van der Waals surface area contributed by atoms with E-state index in [0.717, 1.165) is 39.2 Å². The first-order valence-corrected chi connectivity index (χ1v) is 12.4. The van der Waals surface area contributed by atoms with Gasteiger partial charge in [-0.15, -0.1) is 0 Å². The van der Waals surface area contributed by atoms with Crippen molar-refractivity contribution in [2.24, 2.45) is 12.8 Å². The number of hydrogen-bond donors (Lipinski definition) is 2. The molecule has 0 spiro atoms. The highest BCUT2D eigenvalue weighted by Gasteiger charge is 2.20. The number of hydrogen-bond acceptors (Lipinski definition) is 4. The molecule has 5 rings (SSSR count). The van der Waals surface area contributed by atoms with E-state index < -0.39 is 5.91 Å². The Morgan fingerprint density at radius 2 is 1.86 bits per heavy atom. The van der Waals surface area contributed by atoms with Crippen molar-refractivity contribution in [3.05, 3.63) is 78.6 Å². The van der Waals surface area contributed by atoms with Gasteiger partial charge in [0.1, 0.15) is 0 Å². The molecule has 0 fully saturated rings. The van der Waals surface area contributed by atoms with Gasteiger partial charge < -0.3 is 20.2 Å². The number of rotatable bonds is 6. The van der Waals surface area contributed by atoms with Gasteiger partial charge >= 0.3 is 0 Å². The third-order valence-electron chi connectivity index (χ3n) is 6.38. The third-order valence-corrected chi connectivity index (χ3v) is 6.38. The lowest BCUT2D eigenvalue weighted by Crippen LogP contribution is -2.28. The van der Waals surface area contributed by atoms with E-state index in [4.69, 9.17) is 5.73 Å². The number of anilines is 1. The van der Waals surface area contributed by atoms with Gasteiger partial charge in [0, 0.05) is 53.5 Å². The molecule has 8 heteroatoms. The van der Waals surface area contributed by atoms with Crippen molar-refractivity contribution >= 4 is 22.5 Å². The first-order chi connectivity index (χ1) is 17.5. The Morgan fingerprint density at radius 3 is 2.51 bits per heavy atom. The first-order valence-electron chi connectivity index (χ1n) is 12.4. The molecule has 0 saturated carbocycles. The fourth-order valence-electron chi connectivity index (χ4n) is 4.73. The largest absolute Gasteiger partial charge is 0.380 e. The van der Waals surface area contributed by atoms with Crippen LogP contribution in [0.5, 0.6) is 0 Å². The molecule has 2 aromatic carbocycles. The fourth-order valence-corrected chi connectivity index (χ4v) is 4.73. The number of aryl methyl sites for hydroxylation is 1. The molecule has 0 saturated heterocycles. The number of amides is 1. The number of benzene rings is 2. The van der Waals surface area contributed by atoms with Crippen LogP contribution >= 0.6 is 0 Å². The molecule has 0 aliphatic carbocycles. The molecule has 3 N–H and O–H groups in total. The number of aromatic nitrogens is 5. The van der Waals surface area contributed by atoms with Gasteiger partial charge in [-0.1, -0.05) is 19.9 Å². The molecule has 3 heterocycles. The Balaban J connectivity index is 1.68. The minimum Gasteiger partial charge on any atom is -0.380 e. The molecule has 1 amide bonds. The molecule has 0 aliphatic heterocycles. The van der Waals surface area contributed by atoms with Gasteiger partial charge in [0.15, 0.2) is 0 Å². The number of nitrogens with two attached hydrogens (primary N) is 1. The van der Waals surface area contributed by atoms with Crippen LogP contribution in [-0.2, 0) is 7.05 Å². The van der Waals surface area contributed by atoms with Crippen LogP contribution in [0.15, 0.2) is 67.5 Å². The Hall–Kier alpha value is -4.33. The number of nitrogens with one attached hydrogen (secondary N) is 1. The van der Waals surface area contributed by atoms with Crippen molar-refractivity contribution in [1.82, 2.24) is 23.9 Å². The molecule has 0 bridgehead atoms. The second-order valence-electron chi connectivity index (χ2n) is 10.8. The number of primary amides is 1. The first kappa shape index (κ1) is 24.4. The normalized spacial score (nSPS) is 12.0. The van der Waals surface area contributed by atoms with Crippen LogP contribution in [0.2, 0.25) is 0 Å².